The number of hydrogen-bond acceptors (Lipinski definition) is 2. The van der Waals surface area contributed by atoms with Gasteiger partial charge in [0.25, 0.3) is 0 Å². The second-order valence-corrected chi connectivity index (χ2v) is 5.11. The molecule has 18 heavy (non-hydrogen) atoms. The van der Waals surface area contributed by atoms with E-state index < -0.39 is 5.41 Å². The third-order valence-corrected chi connectivity index (χ3v) is 4.02. The molecule has 0 saturated heterocycles. The van der Waals surface area contributed by atoms with E-state index in [1.165, 1.54) is 6.42 Å². The van der Waals surface area contributed by atoms with Crippen molar-refractivity contribution in [3.05, 3.63) is 30.1 Å². The normalized spacial score (nSPS) is 18.9. The highest BCUT2D eigenvalue weighted by Crippen LogP contribution is 2.38. The van der Waals surface area contributed by atoms with Crippen LogP contribution in [0.4, 0.5) is 0 Å². The number of para-hydroxylation sites is 2. The van der Waals surface area contributed by atoms with E-state index in [0.717, 1.165) is 42.5 Å². The van der Waals surface area contributed by atoms with Crippen LogP contribution in [0.1, 0.15) is 37.9 Å². The maximum absolute atomic E-state index is 11.9. The molecule has 1 saturated carbocycles. The first-order valence-electron chi connectivity index (χ1n) is 6.47. The van der Waals surface area contributed by atoms with E-state index in [1.54, 1.807) is 0 Å². The molecule has 1 heterocycles. The number of aromatic nitrogens is 2. The molecular weight excluding hydrogens is 226 g/mol. The Morgan fingerprint density at radius 3 is 2.61 bits per heavy atom. The molecule has 1 amide bonds. The van der Waals surface area contributed by atoms with E-state index >= 15 is 0 Å². The Labute approximate surface area is 106 Å². The molecule has 3 N–H and O–H groups in total. The lowest BCUT2D eigenvalue weighted by Gasteiger charge is -2.32. The number of rotatable bonds is 2. The minimum Gasteiger partial charge on any atom is -0.369 e. The fourth-order valence-electron chi connectivity index (χ4n) is 2.93. The molecule has 1 aliphatic carbocycles. The molecule has 1 aromatic heterocycles. The van der Waals surface area contributed by atoms with Gasteiger partial charge in [-0.25, -0.2) is 4.98 Å². The number of carbonyl (C=O) groups is 1. The summed E-state index contributed by atoms with van der Waals surface area (Å²) in [5.41, 5.74) is 6.94. The number of imidazole rings is 1. The number of benzene rings is 1. The van der Waals surface area contributed by atoms with Crippen molar-refractivity contribution in [3.8, 4) is 0 Å². The van der Waals surface area contributed by atoms with Crippen LogP contribution in [0.2, 0.25) is 0 Å². The summed E-state index contributed by atoms with van der Waals surface area (Å²) in [5.74, 6) is 0.497. The van der Waals surface area contributed by atoms with Crippen molar-refractivity contribution in [2.24, 2.45) is 5.73 Å². The number of primary amides is 1. The Morgan fingerprint density at radius 1 is 1.22 bits per heavy atom. The first-order valence-corrected chi connectivity index (χ1v) is 6.47. The zero-order valence-electron chi connectivity index (χ0n) is 10.3. The molecule has 0 spiro atoms. The van der Waals surface area contributed by atoms with Crippen molar-refractivity contribution in [1.29, 1.82) is 0 Å². The maximum atomic E-state index is 11.9. The van der Waals surface area contributed by atoms with E-state index in [1.807, 2.05) is 24.3 Å². The van der Waals surface area contributed by atoms with Crippen LogP contribution in [0.5, 0.6) is 0 Å². The second kappa shape index (κ2) is 4.12. The van der Waals surface area contributed by atoms with Gasteiger partial charge in [-0.1, -0.05) is 31.4 Å². The van der Waals surface area contributed by atoms with Crippen molar-refractivity contribution < 1.29 is 4.79 Å². The predicted molar refractivity (Wildman–Crippen MR) is 70.1 cm³/mol. The lowest BCUT2D eigenvalue weighted by Crippen LogP contribution is -2.43. The van der Waals surface area contributed by atoms with Crippen LogP contribution in [0, 0.1) is 0 Å². The van der Waals surface area contributed by atoms with Gasteiger partial charge in [0, 0.05) is 0 Å². The highest BCUT2D eigenvalue weighted by atomic mass is 16.1. The van der Waals surface area contributed by atoms with Crippen LogP contribution in [0.25, 0.3) is 11.0 Å². The Kier molecular flexibility index (Phi) is 2.58. The first kappa shape index (κ1) is 11.3. The molecule has 0 unspecified atom stereocenters. The van der Waals surface area contributed by atoms with Gasteiger partial charge < -0.3 is 10.7 Å². The highest BCUT2D eigenvalue weighted by Gasteiger charge is 2.42. The monoisotopic (exact) mass is 243 g/mol. The van der Waals surface area contributed by atoms with Gasteiger partial charge >= 0.3 is 0 Å². The molecule has 0 radical (unpaired) electrons. The van der Waals surface area contributed by atoms with Gasteiger partial charge in [-0.3, -0.25) is 4.79 Å². The second-order valence-electron chi connectivity index (χ2n) is 5.11. The van der Waals surface area contributed by atoms with Crippen LogP contribution in [0.3, 0.4) is 0 Å². The minimum absolute atomic E-state index is 0.249. The fraction of sp³-hybridized carbons (Fsp3) is 0.429. The Balaban J connectivity index is 2.12. The van der Waals surface area contributed by atoms with E-state index in [4.69, 9.17) is 5.73 Å². The van der Waals surface area contributed by atoms with Crippen molar-refractivity contribution in [2.45, 2.75) is 37.5 Å². The number of amides is 1. The molecule has 2 aromatic rings. The van der Waals surface area contributed by atoms with E-state index in [-0.39, 0.29) is 5.91 Å². The number of nitrogens with zero attached hydrogens (tertiary/aromatic N) is 1. The lowest BCUT2D eigenvalue weighted by molar-refractivity contribution is -0.125. The molecule has 4 nitrogen and oxygen atoms in total. The Hall–Kier alpha value is -1.84. The molecule has 0 atom stereocenters. The molecule has 4 heteroatoms. The summed E-state index contributed by atoms with van der Waals surface area (Å²) in [5, 5.41) is 0. The number of carbonyl (C=O) groups excluding carboxylic acids is 1. The number of nitrogens with two attached hydrogens (primary N) is 1. The molecule has 94 valence electrons. The van der Waals surface area contributed by atoms with Gasteiger partial charge in [-0.05, 0) is 25.0 Å². The van der Waals surface area contributed by atoms with Crippen LogP contribution >= 0.6 is 0 Å². The fourth-order valence-corrected chi connectivity index (χ4v) is 2.93. The maximum Gasteiger partial charge on any atom is 0.231 e. The number of fused-ring (bicyclic) bond motifs is 1. The third kappa shape index (κ3) is 1.60. The number of nitrogens with one attached hydrogen (secondary N) is 1. The summed E-state index contributed by atoms with van der Waals surface area (Å²) in [6, 6.07) is 7.84. The average molecular weight is 243 g/mol. The molecule has 0 aliphatic heterocycles. The highest BCUT2D eigenvalue weighted by molar-refractivity contribution is 5.87. The Morgan fingerprint density at radius 2 is 1.94 bits per heavy atom. The minimum atomic E-state index is -0.586. The van der Waals surface area contributed by atoms with Gasteiger partial charge in [-0.15, -0.1) is 0 Å². The number of hydrogen-bond donors (Lipinski definition) is 2. The Bertz CT molecular complexity index is 548. The third-order valence-electron chi connectivity index (χ3n) is 4.02. The lowest BCUT2D eigenvalue weighted by atomic mass is 9.73. The molecule has 1 aliphatic rings. The van der Waals surface area contributed by atoms with Gasteiger partial charge in [0.2, 0.25) is 5.91 Å². The summed E-state index contributed by atoms with van der Waals surface area (Å²) in [4.78, 5) is 19.8. The summed E-state index contributed by atoms with van der Waals surface area (Å²) in [7, 11) is 0. The van der Waals surface area contributed by atoms with Gasteiger partial charge in [0.15, 0.2) is 0 Å². The standard InChI is InChI=1S/C14H17N3O/c15-12(18)14(8-4-1-5-9-14)13-16-10-6-2-3-7-11(10)17-13/h2-3,6-7H,1,4-5,8-9H2,(H2,15,18)(H,16,17). The van der Waals surface area contributed by atoms with Gasteiger partial charge in [0.1, 0.15) is 11.2 Å². The van der Waals surface area contributed by atoms with Crippen LogP contribution in [-0.2, 0) is 10.2 Å². The average Bonchev–Trinajstić information content (AvgIpc) is 2.83. The zero-order valence-corrected chi connectivity index (χ0v) is 10.3. The molecule has 3 rings (SSSR count). The SMILES string of the molecule is NC(=O)C1(c2nc3ccccc3[nH]2)CCCCC1. The summed E-state index contributed by atoms with van der Waals surface area (Å²) in [6.45, 7) is 0. The van der Waals surface area contributed by atoms with E-state index in [2.05, 4.69) is 9.97 Å². The summed E-state index contributed by atoms with van der Waals surface area (Å²) in [6.07, 6.45) is 4.87. The molecule has 1 aromatic carbocycles. The van der Waals surface area contributed by atoms with Crippen molar-refractivity contribution in [3.63, 3.8) is 0 Å². The van der Waals surface area contributed by atoms with Crippen LogP contribution in [0.15, 0.2) is 24.3 Å². The van der Waals surface area contributed by atoms with Crippen molar-refractivity contribution in [1.82, 2.24) is 9.97 Å². The van der Waals surface area contributed by atoms with Crippen molar-refractivity contribution >= 4 is 16.9 Å². The first-order chi connectivity index (χ1) is 8.72. The molecular formula is C14H17N3O. The predicted octanol–water partition coefficient (Wildman–Crippen LogP) is 2.25. The molecule has 1 fully saturated rings. The van der Waals surface area contributed by atoms with Crippen molar-refractivity contribution in [2.75, 3.05) is 0 Å². The number of aromatic amines is 1. The number of H-pyrrole nitrogens is 1. The van der Waals surface area contributed by atoms with Crippen LogP contribution < -0.4 is 5.73 Å². The zero-order chi connectivity index (χ0) is 12.6. The van der Waals surface area contributed by atoms with Gasteiger partial charge in [0.05, 0.1) is 11.0 Å². The largest absolute Gasteiger partial charge is 0.369 e. The topological polar surface area (TPSA) is 71.8 Å². The smallest absolute Gasteiger partial charge is 0.231 e. The van der Waals surface area contributed by atoms with Crippen LogP contribution in [-0.4, -0.2) is 15.9 Å². The summed E-state index contributed by atoms with van der Waals surface area (Å²) < 4.78 is 0. The van der Waals surface area contributed by atoms with Gasteiger partial charge in [-0.2, -0.15) is 0 Å². The molecule has 0 bridgehead atoms. The van der Waals surface area contributed by atoms with E-state index in [9.17, 15) is 4.79 Å². The quantitative estimate of drug-likeness (QED) is 0.849. The summed E-state index contributed by atoms with van der Waals surface area (Å²) >= 11 is 0. The van der Waals surface area contributed by atoms with E-state index in [0.29, 0.717) is 0 Å².